The number of hydrogen-bond acceptors (Lipinski definition) is 4. The van der Waals surface area contributed by atoms with Crippen molar-refractivity contribution in [1.29, 1.82) is 0 Å². The predicted molar refractivity (Wildman–Crippen MR) is 120 cm³/mol. The molecule has 0 aromatic heterocycles. The van der Waals surface area contributed by atoms with Gasteiger partial charge >= 0.3 is 0 Å². The quantitative estimate of drug-likeness (QED) is 0.616. The first-order valence-electron chi connectivity index (χ1n) is 11.4. The highest BCUT2D eigenvalue weighted by molar-refractivity contribution is 5.85. The largest absolute Gasteiger partial charge is 0.358 e. The first kappa shape index (κ1) is 22.8. The van der Waals surface area contributed by atoms with E-state index in [0.29, 0.717) is 12.5 Å². The van der Waals surface area contributed by atoms with Gasteiger partial charge in [0, 0.05) is 45.7 Å². The van der Waals surface area contributed by atoms with Crippen LogP contribution in [-0.2, 0) is 16.1 Å². The number of benzene rings is 1. The molecule has 6 nitrogen and oxygen atoms in total. The highest BCUT2D eigenvalue weighted by Crippen LogP contribution is 2.60. The average Bonchev–Trinajstić information content (AvgIpc) is 3.32. The summed E-state index contributed by atoms with van der Waals surface area (Å²) >= 11 is 0. The lowest BCUT2D eigenvalue weighted by Gasteiger charge is -2.24. The third kappa shape index (κ3) is 5.41. The summed E-state index contributed by atoms with van der Waals surface area (Å²) < 4.78 is 0. The van der Waals surface area contributed by atoms with Crippen molar-refractivity contribution in [3.8, 4) is 0 Å². The molecule has 166 valence electrons. The second kappa shape index (κ2) is 9.92. The monoisotopic (exact) mass is 414 g/mol. The SMILES string of the molecule is CCN(CCNC(=O)[C@H]1C[C@@]12C[C@@H](C(=O)NC)N(CC(C)C)C2)Cc1ccccc1. The minimum atomic E-state index is -0.100. The van der Waals surface area contributed by atoms with Gasteiger partial charge in [-0.05, 0) is 36.3 Å². The molecule has 0 bridgehead atoms. The maximum absolute atomic E-state index is 12.8. The molecule has 1 aromatic carbocycles. The minimum Gasteiger partial charge on any atom is -0.358 e. The van der Waals surface area contributed by atoms with E-state index in [-0.39, 0.29) is 29.2 Å². The number of rotatable bonds is 10. The summed E-state index contributed by atoms with van der Waals surface area (Å²) in [7, 11) is 1.70. The number of amides is 2. The standard InChI is InChI=1S/C24H38N4O2/c1-5-27(16-19-9-7-6-8-10-19)12-11-26-22(29)20-13-24(20)14-21(23(30)25-4)28(17-24)15-18(2)3/h6-10,18,20-21H,5,11-17H2,1-4H3,(H,25,30)(H,26,29)/t20-,21+,24+/m1/s1. The van der Waals surface area contributed by atoms with Crippen LogP contribution >= 0.6 is 0 Å². The Hall–Kier alpha value is -1.92. The molecule has 1 heterocycles. The molecule has 1 saturated heterocycles. The van der Waals surface area contributed by atoms with Crippen molar-refractivity contribution in [2.24, 2.45) is 17.3 Å². The fourth-order valence-corrected chi connectivity index (χ4v) is 4.95. The van der Waals surface area contributed by atoms with Crippen LogP contribution in [0.3, 0.4) is 0 Å². The lowest BCUT2D eigenvalue weighted by molar-refractivity contribution is -0.125. The highest BCUT2D eigenvalue weighted by atomic mass is 16.2. The molecule has 1 spiro atoms. The third-order valence-corrected chi connectivity index (χ3v) is 6.64. The van der Waals surface area contributed by atoms with Crippen molar-refractivity contribution < 1.29 is 9.59 Å². The van der Waals surface area contributed by atoms with Gasteiger partial charge in [-0.25, -0.2) is 0 Å². The van der Waals surface area contributed by atoms with E-state index >= 15 is 0 Å². The molecule has 30 heavy (non-hydrogen) atoms. The van der Waals surface area contributed by atoms with E-state index in [2.05, 4.69) is 65.5 Å². The first-order valence-corrected chi connectivity index (χ1v) is 11.4. The fourth-order valence-electron chi connectivity index (χ4n) is 4.95. The molecule has 0 radical (unpaired) electrons. The van der Waals surface area contributed by atoms with Crippen LogP contribution in [0.4, 0.5) is 0 Å². The Labute approximate surface area is 181 Å². The summed E-state index contributed by atoms with van der Waals surface area (Å²) in [6.07, 6.45) is 1.70. The maximum Gasteiger partial charge on any atom is 0.237 e. The van der Waals surface area contributed by atoms with Crippen molar-refractivity contribution in [2.75, 3.05) is 39.8 Å². The van der Waals surface area contributed by atoms with Crippen molar-refractivity contribution in [3.05, 3.63) is 35.9 Å². The Morgan fingerprint density at radius 1 is 1.20 bits per heavy atom. The lowest BCUT2D eigenvalue weighted by atomic mass is 9.99. The zero-order valence-electron chi connectivity index (χ0n) is 19.0. The molecule has 1 aromatic rings. The predicted octanol–water partition coefficient (Wildman–Crippen LogP) is 2.11. The molecule has 1 aliphatic heterocycles. The highest BCUT2D eigenvalue weighted by Gasteiger charge is 2.63. The molecule has 1 aliphatic carbocycles. The van der Waals surface area contributed by atoms with Gasteiger partial charge in [-0.1, -0.05) is 51.1 Å². The van der Waals surface area contributed by atoms with E-state index in [9.17, 15) is 9.59 Å². The zero-order valence-corrected chi connectivity index (χ0v) is 19.0. The van der Waals surface area contributed by atoms with Gasteiger partial charge in [0.1, 0.15) is 0 Å². The number of nitrogens with one attached hydrogen (secondary N) is 2. The number of nitrogens with zero attached hydrogens (tertiary/aromatic N) is 2. The average molecular weight is 415 g/mol. The second-order valence-corrected chi connectivity index (χ2v) is 9.42. The Balaban J connectivity index is 1.48. The summed E-state index contributed by atoms with van der Waals surface area (Å²) in [5.74, 6) is 0.792. The number of carbonyl (C=O) groups excluding carboxylic acids is 2. The Kier molecular flexibility index (Phi) is 7.53. The van der Waals surface area contributed by atoms with Crippen molar-refractivity contribution in [3.63, 3.8) is 0 Å². The summed E-state index contributed by atoms with van der Waals surface area (Å²) in [4.78, 5) is 29.8. The van der Waals surface area contributed by atoms with Crippen LogP contribution in [0.5, 0.6) is 0 Å². The molecule has 1 saturated carbocycles. The molecule has 0 unspecified atom stereocenters. The summed E-state index contributed by atoms with van der Waals surface area (Å²) in [5.41, 5.74) is 1.29. The smallest absolute Gasteiger partial charge is 0.237 e. The molecule has 3 atom stereocenters. The van der Waals surface area contributed by atoms with E-state index in [1.807, 2.05) is 6.07 Å². The molecular weight excluding hydrogens is 376 g/mol. The Morgan fingerprint density at radius 3 is 2.57 bits per heavy atom. The molecule has 2 fully saturated rings. The zero-order chi connectivity index (χ0) is 21.7. The lowest BCUT2D eigenvalue weighted by Crippen LogP contribution is -2.43. The normalized spacial score (nSPS) is 25.8. The Morgan fingerprint density at radius 2 is 1.93 bits per heavy atom. The maximum atomic E-state index is 12.8. The van der Waals surface area contributed by atoms with Crippen LogP contribution in [0.25, 0.3) is 0 Å². The third-order valence-electron chi connectivity index (χ3n) is 6.64. The summed E-state index contributed by atoms with van der Waals surface area (Å²) in [6, 6.07) is 10.3. The fraction of sp³-hybridized carbons (Fsp3) is 0.667. The van der Waals surface area contributed by atoms with Gasteiger partial charge in [0.05, 0.1) is 6.04 Å². The number of likely N-dealkylation sites (tertiary alicyclic amines) is 1. The molecule has 6 heteroatoms. The van der Waals surface area contributed by atoms with Gasteiger partial charge in [-0.15, -0.1) is 0 Å². The van der Waals surface area contributed by atoms with E-state index in [1.54, 1.807) is 7.05 Å². The minimum absolute atomic E-state index is 0.00929. The number of carbonyl (C=O) groups is 2. The van der Waals surface area contributed by atoms with E-state index in [0.717, 1.165) is 45.6 Å². The summed E-state index contributed by atoms with van der Waals surface area (Å²) in [5, 5.41) is 5.97. The molecule has 2 aliphatic rings. The summed E-state index contributed by atoms with van der Waals surface area (Å²) in [6.45, 7) is 11.6. The van der Waals surface area contributed by atoms with Crippen molar-refractivity contribution >= 4 is 11.8 Å². The van der Waals surface area contributed by atoms with Gasteiger partial charge in [0.2, 0.25) is 11.8 Å². The van der Waals surface area contributed by atoms with Crippen LogP contribution in [0.15, 0.2) is 30.3 Å². The topological polar surface area (TPSA) is 64.7 Å². The van der Waals surface area contributed by atoms with Gasteiger partial charge in [0.15, 0.2) is 0 Å². The van der Waals surface area contributed by atoms with Gasteiger partial charge in [0.25, 0.3) is 0 Å². The van der Waals surface area contributed by atoms with E-state index < -0.39 is 0 Å². The van der Waals surface area contributed by atoms with Crippen LogP contribution in [-0.4, -0.2) is 67.4 Å². The van der Waals surface area contributed by atoms with Crippen LogP contribution in [0.1, 0.15) is 39.2 Å². The molecular formula is C24H38N4O2. The van der Waals surface area contributed by atoms with Gasteiger partial charge in [-0.2, -0.15) is 0 Å². The Bertz CT molecular complexity index is 723. The molecule has 2 N–H and O–H groups in total. The molecule has 3 rings (SSSR count). The van der Waals surface area contributed by atoms with E-state index in [4.69, 9.17) is 0 Å². The van der Waals surface area contributed by atoms with Gasteiger partial charge < -0.3 is 10.6 Å². The number of hydrogen-bond donors (Lipinski definition) is 2. The van der Waals surface area contributed by atoms with Crippen molar-refractivity contribution in [2.45, 2.75) is 46.2 Å². The molecule has 2 amide bonds. The van der Waals surface area contributed by atoms with Crippen LogP contribution < -0.4 is 10.6 Å². The van der Waals surface area contributed by atoms with E-state index in [1.165, 1.54) is 5.56 Å². The van der Waals surface area contributed by atoms with Gasteiger partial charge in [-0.3, -0.25) is 19.4 Å². The number of likely N-dealkylation sites (N-methyl/N-ethyl adjacent to an activating group) is 2. The first-order chi connectivity index (χ1) is 14.4. The van der Waals surface area contributed by atoms with Crippen molar-refractivity contribution in [1.82, 2.24) is 20.4 Å². The second-order valence-electron chi connectivity index (χ2n) is 9.42. The van der Waals surface area contributed by atoms with Crippen LogP contribution in [0, 0.1) is 17.3 Å². The van der Waals surface area contributed by atoms with Crippen LogP contribution in [0.2, 0.25) is 0 Å².